The third-order valence-electron chi connectivity index (χ3n) is 2.36. The van der Waals surface area contributed by atoms with Gasteiger partial charge in [0.2, 0.25) is 5.89 Å². The van der Waals surface area contributed by atoms with Crippen molar-refractivity contribution in [3.05, 3.63) is 28.2 Å². The smallest absolute Gasteiger partial charge is 0.223 e. The molecule has 0 bridgehead atoms. The molecule has 2 heterocycles. The molecule has 6 nitrogen and oxygen atoms in total. The zero-order valence-electron chi connectivity index (χ0n) is 11.4. The Morgan fingerprint density at radius 1 is 1.26 bits per heavy atom. The monoisotopic (exact) mass is 325 g/mol. The number of nitrogens with one attached hydrogen (secondary N) is 1. The molecule has 0 aliphatic rings. The molecule has 0 amide bonds. The fourth-order valence-electron chi connectivity index (χ4n) is 1.43. The molecule has 1 N–H and O–H groups in total. The Morgan fingerprint density at radius 3 is 2.58 bits per heavy atom. The van der Waals surface area contributed by atoms with Crippen LogP contribution in [-0.4, -0.2) is 20.1 Å². The van der Waals surface area contributed by atoms with Crippen LogP contribution in [0.4, 0.5) is 5.82 Å². The van der Waals surface area contributed by atoms with E-state index >= 15 is 0 Å². The van der Waals surface area contributed by atoms with Gasteiger partial charge in [0.25, 0.3) is 0 Å². The summed E-state index contributed by atoms with van der Waals surface area (Å²) in [6.07, 6.45) is 0. The van der Waals surface area contributed by atoms with Crippen molar-refractivity contribution in [3.63, 3.8) is 0 Å². The second-order valence-corrected chi connectivity index (χ2v) is 6.05. The Kier molecular flexibility index (Phi) is 3.84. The lowest BCUT2D eigenvalue weighted by Crippen LogP contribution is -2.17. The first-order chi connectivity index (χ1) is 8.84. The zero-order valence-corrected chi connectivity index (χ0v) is 12.9. The van der Waals surface area contributed by atoms with E-state index in [2.05, 4.69) is 62.1 Å². The SMILES string of the molecule is Cc1nc(CNc2cc(Br)nc(C(C)(C)C)n2)no1. The molecule has 2 rings (SSSR count). The second kappa shape index (κ2) is 5.24. The van der Waals surface area contributed by atoms with Crippen LogP contribution in [0.5, 0.6) is 0 Å². The molecule has 0 radical (unpaired) electrons. The summed E-state index contributed by atoms with van der Waals surface area (Å²) in [7, 11) is 0. The van der Waals surface area contributed by atoms with Gasteiger partial charge in [-0.25, -0.2) is 9.97 Å². The highest BCUT2D eigenvalue weighted by molar-refractivity contribution is 9.10. The number of nitrogens with zero attached hydrogens (tertiary/aromatic N) is 4. The van der Waals surface area contributed by atoms with Gasteiger partial charge in [-0.1, -0.05) is 25.9 Å². The first-order valence-corrected chi connectivity index (χ1v) is 6.72. The summed E-state index contributed by atoms with van der Waals surface area (Å²) in [5.74, 6) is 2.66. The van der Waals surface area contributed by atoms with E-state index in [1.807, 2.05) is 6.07 Å². The van der Waals surface area contributed by atoms with E-state index in [-0.39, 0.29) is 5.41 Å². The van der Waals surface area contributed by atoms with Gasteiger partial charge in [-0.3, -0.25) is 0 Å². The molecule has 2 aromatic rings. The predicted octanol–water partition coefficient (Wildman–Crippen LogP) is 2.84. The van der Waals surface area contributed by atoms with Crippen molar-refractivity contribution in [1.82, 2.24) is 20.1 Å². The van der Waals surface area contributed by atoms with Crippen molar-refractivity contribution < 1.29 is 4.52 Å². The van der Waals surface area contributed by atoms with Crippen LogP contribution in [0.3, 0.4) is 0 Å². The van der Waals surface area contributed by atoms with E-state index in [1.54, 1.807) is 6.92 Å². The van der Waals surface area contributed by atoms with E-state index in [4.69, 9.17) is 4.52 Å². The van der Waals surface area contributed by atoms with Crippen LogP contribution >= 0.6 is 15.9 Å². The minimum atomic E-state index is -0.108. The zero-order chi connectivity index (χ0) is 14.0. The highest BCUT2D eigenvalue weighted by atomic mass is 79.9. The number of anilines is 1. The first kappa shape index (κ1) is 13.9. The van der Waals surface area contributed by atoms with E-state index in [0.29, 0.717) is 18.3 Å². The number of rotatable bonds is 3. The molecule has 2 aromatic heterocycles. The summed E-state index contributed by atoms with van der Waals surface area (Å²) in [4.78, 5) is 13.0. The lowest BCUT2D eigenvalue weighted by atomic mass is 9.96. The molecular weight excluding hydrogens is 310 g/mol. The van der Waals surface area contributed by atoms with Gasteiger partial charge in [-0.2, -0.15) is 4.98 Å². The molecule has 0 unspecified atom stereocenters. The van der Waals surface area contributed by atoms with Crippen LogP contribution in [0, 0.1) is 6.92 Å². The van der Waals surface area contributed by atoms with Crippen LogP contribution in [0.25, 0.3) is 0 Å². The quantitative estimate of drug-likeness (QED) is 0.874. The molecule has 0 spiro atoms. The lowest BCUT2D eigenvalue weighted by Gasteiger charge is -2.17. The van der Waals surface area contributed by atoms with Gasteiger partial charge in [-0.15, -0.1) is 0 Å². The molecule has 0 fully saturated rings. The third kappa shape index (κ3) is 3.73. The minimum Gasteiger partial charge on any atom is -0.362 e. The molecule has 0 aromatic carbocycles. The van der Waals surface area contributed by atoms with Gasteiger partial charge >= 0.3 is 0 Å². The number of halogens is 1. The molecular formula is C12H16BrN5O. The molecule has 7 heteroatoms. The third-order valence-corrected chi connectivity index (χ3v) is 2.77. The Labute approximate surface area is 120 Å². The van der Waals surface area contributed by atoms with Crippen molar-refractivity contribution in [3.8, 4) is 0 Å². The van der Waals surface area contributed by atoms with Crippen molar-refractivity contribution in [1.29, 1.82) is 0 Å². The molecule has 19 heavy (non-hydrogen) atoms. The number of aryl methyl sites for hydroxylation is 1. The Bertz CT molecular complexity index is 576. The standard InChI is InChI=1S/C12H16BrN5O/c1-7-15-10(18-19-7)6-14-9-5-8(13)16-11(17-9)12(2,3)4/h5H,6H2,1-4H3,(H,14,16,17). The average Bonchev–Trinajstić information content (AvgIpc) is 2.71. The highest BCUT2D eigenvalue weighted by Gasteiger charge is 2.18. The summed E-state index contributed by atoms with van der Waals surface area (Å²) in [6, 6.07) is 1.82. The second-order valence-electron chi connectivity index (χ2n) is 5.23. The summed E-state index contributed by atoms with van der Waals surface area (Å²) in [5.41, 5.74) is -0.108. The fourth-order valence-corrected chi connectivity index (χ4v) is 1.81. The fraction of sp³-hybridized carbons (Fsp3) is 0.500. The molecule has 0 saturated carbocycles. The Morgan fingerprint density at radius 2 is 2.00 bits per heavy atom. The summed E-state index contributed by atoms with van der Waals surface area (Å²) < 4.78 is 5.66. The van der Waals surface area contributed by atoms with Gasteiger partial charge in [0, 0.05) is 18.4 Å². The van der Waals surface area contributed by atoms with E-state index in [9.17, 15) is 0 Å². The maximum atomic E-state index is 4.91. The molecule has 0 aliphatic heterocycles. The number of hydrogen-bond donors (Lipinski definition) is 1. The topological polar surface area (TPSA) is 76.7 Å². The molecule has 102 valence electrons. The number of aromatic nitrogens is 4. The van der Waals surface area contributed by atoms with Crippen molar-refractivity contribution in [2.75, 3.05) is 5.32 Å². The number of hydrogen-bond acceptors (Lipinski definition) is 6. The van der Waals surface area contributed by atoms with Gasteiger partial charge in [0.05, 0.1) is 6.54 Å². The summed E-state index contributed by atoms with van der Waals surface area (Å²) in [5, 5.41) is 6.98. The van der Waals surface area contributed by atoms with Crippen molar-refractivity contribution in [2.45, 2.75) is 39.7 Å². The summed E-state index contributed by atoms with van der Waals surface area (Å²) in [6.45, 7) is 8.43. The largest absolute Gasteiger partial charge is 0.362 e. The average molecular weight is 326 g/mol. The maximum absolute atomic E-state index is 4.91. The minimum absolute atomic E-state index is 0.108. The maximum Gasteiger partial charge on any atom is 0.223 e. The van der Waals surface area contributed by atoms with E-state index in [0.717, 1.165) is 16.2 Å². The van der Waals surface area contributed by atoms with E-state index < -0.39 is 0 Å². The van der Waals surface area contributed by atoms with Crippen LogP contribution in [0.15, 0.2) is 15.2 Å². The van der Waals surface area contributed by atoms with Gasteiger partial charge in [-0.05, 0) is 15.9 Å². The Hall–Kier alpha value is -1.50. The van der Waals surface area contributed by atoms with Crippen molar-refractivity contribution >= 4 is 21.7 Å². The highest BCUT2D eigenvalue weighted by Crippen LogP contribution is 2.22. The van der Waals surface area contributed by atoms with Gasteiger partial charge in [0.1, 0.15) is 16.2 Å². The molecule has 0 atom stereocenters. The van der Waals surface area contributed by atoms with Crippen LogP contribution in [-0.2, 0) is 12.0 Å². The first-order valence-electron chi connectivity index (χ1n) is 5.93. The Balaban J connectivity index is 2.14. The van der Waals surface area contributed by atoms with E-state index in [1.165, 1.54) is 0 Å². The van der Waals surface area contributed by atoms with Crippen molar-refractivity contribution in [2.24, 2.45) is 0 Å². The molecule has 0 saturated heterocycles. The van der Waals surface area contributed by atoms with Crippen LogP contribution in [0.2, 0.25) is 0 Å². The lowest BCUT2D eigenvalue weighted by molar-refractivity contribution is 0.388. The van der Waals surface area contributed by atoms with Gasteiger partial charge < -0.3 is 9.84 Å². The van der Waals surface area contributed by atoms with Crippen LogP contribution in [0.1, 0.15) is 38.3 Å². The van der Waals surface area contributed by atoms with Crippen LogP contribution < -0.4 is 5.32 Å². The normalized spacial score (nSPS) is 11.6. The predicted molar refractivity (Wildman–Crippen MR) is 74.8 cm³/mol. The molecule has 0 aliphatic carbocycles. The van der Waals surface area contributed by atoms with Gasteiger partial charge in [0.15, 0.2) is 5.82 Å². The summed E-state index contributed by atoms with van der Waals surface area (Å²) >= 11 is 3.39.